The van der Waals surface area contributed by atoms with E-state index in [-0.39, 0.29) is 17.6 Å². The first-order valence-electron chi connectivity index (χ1n) is 9.06. The number of hydrogen-bond acceptors (Lipinski definition) is 6. The van der Waals surface area contributed by atoms with Crippen molar-refractivity contribution >= 4 is 23.4 Å². The molecule has 9 nitrogen and oxygen atoms in total. The Morgan fingerprint density at radius 1 is 1.39 bits per heavy atom. The van der Waals surface area contributed by atoms with Crippen molar-refractivity contribution in [3.63, 3.8) is 0 Å². The third-order valence-corrected chi connectivity index (χ3v) is 4.59. The molecule has 2 aromatic rings. The summed E-state index contributed by atoms with van der Waals surface area (Å²) >= 11 is 0. The predicted octanol–water partition coefficient (Wildman–Crippen LogP) is 3.03. The van der Waals surface area contributed by atoms with Crippen molar-refractivity contribution in [2.24, 2.45) is 5.73 Å². The Labute approximate surface area is 162 Å². The summed E-state index contributed by atoms with van der Waals surface area (Å²) in [5.74, 6) is 0.401. The molecule has 2 amide bonds. The Morgan fingerprint density at radius 2 is 2.21 bits per heavy atom. The minimum Gasteiger partial charge on any atom is -0.453 e. The first kappa shape index (κ1) is 19.4. The van der Waals surface area contributed by atoms with Crippen LogP contribution in [0.1, 0.15) is 49.7 Å². The van der Waals surface area contributed by atoms with Crippen molar-refractivity contribution < 1.29 is 14.3 Å². The number of hydrogen-bond donors (Lipinski definition) is 4. The van der Waals surface area contributed by atoms with E-state index in [1.165, 1.54) is 7.11 Å². The fourth-order valence-electron chi connectivity index (χ4n) is 3.13. The van der Waals surface area contributed by atoms with Crippen molar-refractivity contribution in [1.82, 2.24) is 9.97 Å². The Balaban J connectivity index is 2.09. The van der Waals surface area contributed by atoms with Crippen LogP contribution in [0.2, 0.25) is 0 Å². The fraction of sp³-hybridized carbons (Fsp3) is 0.368. The molecule has 0 unspecified atom stereocenters. The van der Waals surface area contributed by atoms with Gasteiger partial charge in [0.15, 0.2) is 5.69 Å². The van der Waals surface area contributed by atoms with Crippen LogP contribution in [-0.2, 0) is 9.53 Å². The monoisotopic (exact) mass is 382 g/mol. The molecule has 0 fully saturated rings. The number of anilines is 2. The number of rotatable bonds is 1. The highest BCUT2D eigenvalue weighted by Gasteiger charge is 2.20. The van der Waals surface area contributed by atoms with Gasteiger partial charge in [0.25, 0.3) is 0 Å². The van der Waals surface area contributed by atoms with E-state index < -0.39 is 6.09 Å². The highest BCUT2D eigenvalue weighted by molar-refractivity contribution is 5.97. The summed E-state index contributed by atoms with van der Waals surface area (Å²) in [7, 11) is 1.27. The van der Waals surface area contributed by atoms with Crippen LogP contribution in [0.4, 0.5) is 16.2 Å². The number of carbonyl (C=O) groups is 2. The third-order valence-electron chi connectivity index (χ3n) is 4.59. The van der Waals surface area contributed by atoms with Gasteiger partial charge in [0.2, 0.25) is 5.91 Å². The number of aromatic nitrogens is 2. The normalized spacial score (nSPS) is 17.0. The number of amides is 2. The lowest BCUT2D eigenvalue weighted by Crippen LogP contribution is -2.14. The second-order valence-electron chi connectivity index (χ2n) is 6.59. The van der Waals surface area contributed by atoms with Crippen molar-refractivity contribution in [1.29, 1.82) is 5.26 Å². The molecular formula is C19H22N6O3. The molecule has 28 heavy (non-hydrogen) atoms. The van der Waals surface area contributed by atoms with Gasteiger partial charge in [0.05, 0.1) is 24.5 Å². The van der Waals surface area contributed by atoms with Gasteiger partial charge in [-0.15, -0.1) is 0 Å². The Morgan fingerprint density at radius 3 is 2.96 bits per heavy atom. The molecule has 1 atom stereocenters. The second-order valence-corrected chi connectivity index (χ2v) is 6.59. The largest absolute Gasteiger partial charge is 0.453 e. The van der Waals surface area contributed by atoms with E-state index in [1.807, 2.05) is 0 Å². The second kappa shape index (κ2) is 8.54. The molecule has 1 aliphatic heterocycles. The van der Waals surface area contributed by atoms with Crippen LogP contribution in [0.3, 0.4) is 0 Å². The lowest BCUT2D eigenvalue weighted by atomic mass is 10.1. The number of benzene rings is 1. The molecule has 1 aliphatic rings. The summed E-state index contributed by atoms with van der Waals surface area (Å²) in [6, 6.07) is 6.73. The van der Waals surface area contributed by atoms with Crippen LogP contribution < -0.4 is 16.4 Å². The molecule has 9 heteroatoms. The number of fused-ring (bicyclic) bond motifs is 4. The highest BCUT2D eigenvalue weighted by atomic mass is 16.5. The molecule has 0 spiro atoms. The molecule has 0 saturated heterocycles. The van der Waals surface area contributed by atoms with Crippen LogP contribution in [0.25, 0.3) is 11.3 Å². The average molecular weight is 382 g/mol. The number of H-pyrrole nitrogens is 1. The summed E-state index contributed by atoms with van der Waals surface area (Å²) in [6.45, 7) is 0. The van der Waals surface area contributed by atoms with Gasteiger partial charge in [-0.25, -0.2) is 9.78 Å². The predicted molar refractivity (Wildman–Crippen MR) is 103 cm³/mol. The Hall–Kier alpha value is -3.38. The zero-order chi connectivity index (χ0) is 20.1. The zero-order valence-corrected chi connectivity index (χ0v) is 15.5. The highest BCUT2D eigenvalue weighted by Crippen LogP contribution is 2.33. The fourth-order valence-corrected chi connectivity index (χ4v) is 3.13. The number of carbonyl (C=O) groups excluding carboxylic acids is 2. The van der Waals surface area contributed by atoms with Gasteiger partial charge >= 0.3 is 6.09 Å². The van der Waals surface area contributed by atoms with Crippen molar-refractivity contribution in [3.8, 4) is 17.3 Å². The van der Waals surface area contributed by atoms with Crippen LogP contribution in [0.15, 0.2) is 18.2 Å². The molecule has 1 aromatic heterocycles. The van der Waals surface area contributed by atoms with Crippen molar-refractivity contribution in [2.45, 2.75) is 38.1 Å². The molecule has 2 bridgehead atoms. The van der Waals surface area contributed by atoms with Gasteiger partial charge in [0.1, 0.15) is 11.9 Å². The number of imidazole rings is 1. The van der Waals surface area contributed by atoms with Gasteiger partial charge in [-0.05, 0) is 31.0 Å². The quantitative estimate of drug-likeness (QED) is 0.596. The minimum absolute atomic E-state index is 0.141. The zero-order valence-electron chi connectivity index (χ0n) is 15.5. The van der Waals surface area contributed by atoms with Gasteiger partial charge in [-0.1, -0.05) is 12.8 Å². The first-order valence-corrected chi connectivity index (χ1v) is 9.06. The lowest BCUT2D eigenvalue weighted by Gasteiger charge is -2.13. The van der Waals surface area contributed by atoms with E-state index in [2.05, 4.69) is 31.4 Å². The van der Waals surface area contributed by atoms with E-state index in [0.29, 0.717) is 41.3 Å². The van der Waals surface area contributed by atoms with Crippen LogP contribution in [-0.4, -0.2) is 29.1 Å². The maximum absolute atomic E-state index is 12.4. The topological polar surface area (TPSA) is 146 Å². The van der Waals surface area contributed by atoms with Crippen LogP contribution in [0, 0.1) is 11.3 Å². The van der Waals surface area contributed by atoms with Crippen molar-refractivity contribution in [2.75, 3.05) is 17.7 Å². The number of nitrogens with two attached hydrogens (primary N) is 1. The van der Waals surface area contributed by atoms with E-state index in [0.717, 1.165) is 19.3 Å². The number of nitrogens with zero attached hydrogens (tertiary/aromatic N) is 2. The smallest absolute Gasteiger partial charge is 0.411 e. The number of nitriles is 1. The number of aromatic amines is 1. The maximum Gasteiger partial charge on any atom is 0.411 e. The summed E-state index contributed by atoms with van der Waals surface area (Å²) in [5, 5.41) is 14.9. The van der Waals surface area contributed by atoms with E-state index in [1.54, 1.807) is 18.2 Å². The van der Waals surface area contributed by atoms with Gasteiger partial charge in [-0.3, -0.25) is 10.1 Å². The first-order chi connectivity index (χ1) is 13.5. The molecule has 0 radical (unpaired) electrons. The number of methoxy groups -OCH3 is 1. The molecule has 3 rings (SSSR count). The lowest BCUT2D eigenvalue weighted by molar-refractivity contribution is -0.116. The maximum atomic E-state index is 12.4. The van der Waals surface area contributed by atoms with Crippen LogP contribution >= 0.6 is 0 Å². The SMILES string of the molecule is COC(=O)Nc1ccc2c(c1)NC(=O)CCCCC[C@H](N)c1nc(C#N)c-2[nH]1. The van der Waals surface area contributed by atoms with Gasteiger partial charge < -0.3 is 20.8 Å². The van der Waals surface area contributed by atoms with E-state index >= 15 is 0 Å². The molecular weight excluding hydrogens is 360 g/mol. The summed E-state index contributed by atoms with van der Waals surface area (Å²) < 4.78 is 4.61. The molecule has 0 aliphatic carbocycles. The Kier molecular flexibility index (Phi) is 5.91. The Bertz CT molecular complexity index is 930. The van der Waals surface area contributed by atoms with E-state index in [4.69, 9.17) is 5.73 Å². The number of nitrogens with one attached hydrogen (secondary N) is 3. The molecule has 146 valence electrons. The third kappa shape index (κ3) is 4.29. The number of ether oxygens (including phenoxy) is 1. The molecule has 2 heterocycles. The standard InChI is InChI=1S/C19H22N6O3/c1-28-19(27)22-11-7-8-12-14(9-11)23-16(26)6-4-2-3-5-13(21)18-24-15(10-20)17(12)25-18/h7-9,13H,2-6,21H2,1H3,(H,22,27)(H,23,26)(H,24,25)/t13-/m0/s1. The summed E-state index contributed by atoms with van der Waals surface area (Å²) in [4.78, 5) is 31.4. The van der Waals surface area contributed by atoms with E-state index in [9.17, 15) is 14.9 Å². The summed E-state index contributed by atoms with van der Waals surface area (Å²) in [5.41, 5.74) is 8.39. The van der Waals surface area contributed by atoms with Crippen molar-refractivity contribution in [3.05, 3.63) is 29.7 Å². The van der Waals surface area contributed by atoms with Gasteiger partial charge in [-0.2, -0.15) is 5.26 Å². The molecule has 0 saturated carbocycles. The average Bonchev–Trinajstić information content (AvgIpc) is 3.11. The molecule has 5 N–H and O–H groups in total. The minimum atomic E-state index is -0.622. The molecule has 1 aromatic carbocycles. The van der Waals surface area contributed by atoms with Gasteiger partial charge in [0, 0.05) is 17.7 Å². The van der Waals surface area contributed by atoms with Crippen LogP contribution in [0.5, 0.6) is 0 Å². The summed E-state index contributed by atoms with van der Waals surface area (Å²) in [6.07, 6.45) is 2.96.